The first-order chi connectivity index (χ1) is 11.7. The van der Waals surface area contributed by atoms with Gasteiger partial charge in [-0.25, -0.2) is 4.68 Å². The topological polar surface area (TPSA) is 64.4 Å². The second-order valence-corrected chi connectivity index (χ2v) is 6.07. The van der Waals surface area contributed by atoms with Crippen LogP contribution >= 0.6 is 0 Å². The lowest BCUT2D eigenvalue weighted by atomic mass is 10.1. The van der Waals surface area contributed by atoms with E-state index in [0.717, 1.165) is 12.8 Å². The minimum absolute atomic E-state index is 0.0653. The zero-order valence-electron chi connectivity index (χ0n) is 14.2. The highest BCUT2D eigenvalue weighted by atomic mass is 16.5. The second kappa shape index (κ2) is 7.13. The number of amides is 1. The summed E-state index contributed by atoms with van der Waals surface area (Å²) in [6.45, 7) is 6.20. The van der Waals surface area contributed by atoms with Crippen molar-refractivity contribution in [2.24, 2.45) is 0 Å². The van der Waals surface area contributed by atoms with Gasteiger partial charge in [-0.2, -0.15) is 5.10 Å². The molecule has 0 bridgehead atoms. The SMILES string of the molecule is CCCn1nc(C(=O)N2CCO[C@@H](CC)C2)c2ccccc2c1=O. The van der Waals surface area contributed by atoms with Crippen molar-refractivity contribution in [2.75, 3.05) is 19.7 Å². The Morgan fingerprint density at radius 3 is 2.75 bits per heavy atom. The number of fused-ring (bicyclic) bond motifs is 1. The monoisotopic (exact) mass is 329 g/mol. The number of morpholine rings is 1. The predicted octanol–water partition coefficient (Wildman–Crippen LogP) is 2.06. The van der Waals surface area contributed by atoms with Crippen LogP contribution in [-0.4, -0.2) is 46.4 Å². The number of aryl methyl sites for hydroxylation is 1. The molecule has 128 valence electrons. The van der Waals surface area contributed by atoms with Gasteiger partial charge in [0.05, 0.1) is 18.1 Å². The molecule has 1 aliphatic rings. The largest absolute Gasteiger partial charge is 0.375 e. The van der Waals surface area contributed by atoms with Gasteiger partial charge in [-0.05, 0) is 18.9 Å². The maximum atomic E-state index is 13.0. The van der Waals surface area contributed by atoms with Crippen LogP contribution in [0.2, 0.25) is 0 Å². The van der Waals surface area contributed by atoms with E-state index in [-0.39, 0.29) is 17.6 Å². The molecule has 0 N–H and O–H groups in total. The molecule has 2 aromatic rings. The molecule has 0 spiro atoms. The molecule has 6 heteroatoms. The first kappa shape index (κ1) is 16.6. The molecule has 1 atom stereocenters. The lowest BCUT2D eigenvalue weighted by molar-refractivity contribution is -0.0228. The van der Waals surface area contributed by atoms with Crippen molar-refractivity contribution in [3.05, 3.63) is 40.3 Å². The zero-order valence-corrected chi connectivity index (χ0v) is 14.2. The summed E-state index contributed by atoms with van der Waals surface area (Å²) < 4.78 is 7.05. The fourth-order valence-electron chi connectivity index (χ4n) is 3.06. The minimum atomic E-state index is -0.141. The Morgan fingerprint density at radius 2 is 2.04 bits per heavy atom. The van der Waals surface area contributed by atoms with Gasteiger partial charge in [0.15, 0.2) is 5.69 Å². The van der Waals surface area contributed by atoms with Gasteiger partial charge in [0.25, 0.3) is 11.5 Å². The maximum absolute atomic E-state index is 13.0. The van der Waals surface area contributed by atoms with Crippen molar-refractivity contribution in [1.29, 1.82) is 0 Å². The third-order valence-electron chi connectivity index (χ3n) is 4.39. The van der Waals surface area contributed by atoms with Crippen LogP contribution in [0, 0.1) is 0 Å². The molecule has 0 aliphatic carbocycles. The number of nitrogens with zero attached hydrogens (tertiary/aromatic N) is 3. The number of aromatic nitrogens is 2. The number of ether oxygens (including phenoxy) is 1. The standard InChI is InChI=1S/C18H23N3O3/c1-3-9-21-17(22)15-8-6-5-7-14(15)16(19-21)18(23)20-10-11-24-13(4-2)12-20/h5-8,13H,3-4,9-12H2,1-2H3/t13-/m0/s1. The van der Waals surface area contributed by atoms with Gasteiger partial charge >= 0.3 is 0 Å². The molecule has 0 saturated carbocycles. The average Bonchev–Trinajstić information content (AvgIpc) is 2.63. The van der Waals surface area contributed by atoms with Crippen LogP contribution < -0.4 is 5.56 Å². The molecule has 0 unspecified atom stereocenters. The van der Waals surface area contributed by atoms with Gasteiger partial charge in [0.2, 0.25) is 0 Å². The second-order valence-electron chi connectivity index (χ2n) is 6.07. The van der Waals surface area contributed by atoms with Crippen LogP contribution in [-0.2, 0) is 11.3 Å². The highest BCUT2D eigenvalue weighted by Gasteiger charge is 2.27. The van der Waals surface area contributed by atoms with E-state index in [1.165, 1.54) is 4.68 Å². The Hall–Kier alpha value is -2.21. The first-order valence-electron chi connectivity index (χ1n) is 8.56. The van der Waals surface area contributed by atoms with E-state index in [1.54, 1.807) is 17.0 Å². The Morgan fingerprint density at radius 1 is 1.29 bits per heavy atom. The van der Waals surface area contributed by atoms with Crippen LogP contribution in [0.4, 0.5) is 0 Å². The summed E-state index contributed by atoms with van der Waals surface area (Å²) in [6.07, 6.45) is 1.72. The van der Waals surface area contributed by atoms with Gasteiger partial charge < -0.3 is 9.64 Å². The van der Waals surface area contributed by atoms with E-state index in [4.69, 9.17) is 4.74 Å². The summed E-state index contributed by atoms with van der Waals surface area (Å²) in [6, 6.07) is 7.20. The highest BCUT2D eigenvalue weighted by Crippen LogP contribution is 2.17. The quantitative estimate of drug-likeness (QED) is 0.861. The number of rotatable bonds is 4. The molecule has 3 rings (SSSR count). The van der Waals surface area contributed by atoms with Crippen molar-refractivity contribution >= 4 is 16.7 Å². The fraction of sp³-hybridized carbons (Fsp3) is 0.500. The van der Waals surface area contributed by atoms with Crippen LogP contribution in [0.3, 0.4) is 0 Å². The molecule has 1 aliphatic heterocycles. The minimum Gasteiger partial charge on any atom is -0.375 e. The number of carbonyl (C=O) groups is 1. The third kappa shape index (κ3) is 3.06. The van der Waals surface area contributed by atoms with Gasteiger partial charge in [0.1, 0.15) is 0 Å². The first-order valence-corrected chi connectivity index (χ1v) is 8.56. The summed E-state index contributed by atoms with van der Waals surface area (Å²) >= 11 is 0. The summed E-state index contributed by atoms with van der Waals surface area (Å²) in [4.78, 5) is 27.3. The van der Waals surface area contributed by atoms with Crippen LogP contribution in [0.5, 0.6) is 0 Å². The molecule has 1 saturated heterocycles. The molecule has 24 heavy (non-hydrogen) atoms. The van der Waals surface area contributed by atoms with Crippen LogP contribution in [0.1, 0.15) is 37.2 Å². The normalized spacial score (nSPS) is 18.1. The molecule has 2 heterocycles. The summed E-state index contributed by atoms with van der Waals surface area (Å²) in [5, 5.41) is 5.56. The smallest absolute Gasteiger partial charge is 0.275 e. The third-order valence-corrected chi connectivity index (χ3v) is 4.39. The average molecular weight is 329 g/mol. The van der Waals surface area contributed by atoms with Gasteiger partial charge in [-0.3, -0.25) is 9.59 Å². The number of hydrogen-bond donors (Lipinski definition) is 0. The highest BCUT2D eigenvalue weighted by molar-refractivity contribution is 6.04. The van der Waals surface area contributed by atoms with Gasteiger partial charge in [-0.1, -0.05) is 32.0 Å². The lowest BCUT2D eigenvalue weighted by Crippen LogP contribution is -2.46. The van der Waals surface area contributed by atoms with E-state index in [2.05, 4.69) is 5.10 Å². The number of carbonyl (C=O) groups excluding carboxylic acids is 1. The summed E-state index contributed by atoms with van der Waals surface area (Å²) in [5.74, 6) is -0.127. The molecular weight excluding hydrogens is 306 g/mol. The summed E-state index contributed by atoms with van der Waals surface area (Å²) in [5.41, 5.74) is 0.216. The maximum Gasteiger partial charge on any atom is 0.275 e. The van der Waals surface area contributed by atoms with Crippen molar-refractivity contribution in [3.63, 3.8) is 0 Å². The van der Waals surface area contributed by atoms with Crippen molar-refractivity contribution < 1.29 is 9.53 Å². The Labute approximate surface area is 141 Å². The fourth-order valence-corrected chi connectivity index (χ4v) is 3.06. The molecule has 0 radical (unpaired) electrons. The Balaban J connectivity index is 2.06. The van der Waals surface area contributed by atoms with Crippen molar-refractivity contribution in [3.8, 4) is 0 Å². The van der Waals surface area contributed by atoms with E-state index < -0.39 is 0 Å². The van der Waals surface area contributed by atoms with E-state index in [1.807, 2.05) is 26.0 Å². The zero-order chi connectivity index (χ0) is 17.1. The molecule has 1 fully saturated rings. The van der Waals surface area contributed by atoms with Crippen LogP contribution in [0.25, 0.3) is 10.8 Å². The molecule has 1 aromatic heterocycles. The molecule has 1 amide bonds. The Bertz CT molecular complexity index is 800. The van der Waals surface area contributed by atoms with E-state index in [9.17, 15) is 9.59 Å². The van der Waals surface area contributed by atoms with Crippen molar-refractivity contribution in [1.82, 2.24) is 14.7 Å². The van der Waals surface area contributed by atoms with E-state index >= 15 is 0 Å². The molecular formula is C18H23N3O3. The number of benzene rings is 1. The predicted molar refractivity (Wildman–Crippen MR) is 92.2 cm³/mol. The molecule has 6 nitrogen and oxygen atoms in total. The Kier molecular flexibility index (Phi) is 4.94. The number of hydrogen-bond acceptors (Lipinski definition) is 4. The van der Waals surface area contributed by atoms with E-state index in [0.29, 0.717) is 42.7 Å². The summed E-state index contributed by atoms with van der Waals surface area (Å²) in [7, 11) is 0. The van der Waals surface area contributed by atoms with Crippen LogP contribution in [0.15, 0.2) is 29.1 Å². The lowest BCUT2D eigenvalue weighted by Gasteiger charge is -2.32. The molecule has 1 aromatic carbocycles. The van der Waals surface area contributed by atoms with Gasteiger partial charge in [0, 0.05) is 25.0 Å². The van der Waals surface area contributed by atoms with Crippen molar-refractivity contribution in [2.45, 2.75) is 39.3 Å². The van der Waals surface area contributed by atoms with Gasteiger partial charge in [-0.15, -0.1) is 0 Å².